The highest BCUT2D eigenvalue weighted by Crippen LogP contribution is 2.16. The van der Waals surface area contributed by atoms with Crippen LogP contribution in [0.1, 0.15) is 32.1 Å². The van der Waals surface area contributed by atoms with Gasteiger partial charge in [-0.05, 0) is 38.8 Å². The molecule has 4 nitrogen and oxygen atoms in total. The first kappa shape index (κ1) is 10.9. The van der Waals surface area contributed by atoms with Crippen LogP contribution in [0.25, 0.3) is 0 Å². The van der Waals surface area contributed by atoms with Gasteiger partial charge in [0.1, 0.15) is 6.23 Å². The summed E-state index contributed by atoms with van der Waals surface area (Å²) in [5.74, 6) is 0.118. The average molecular weight is 212 g/mol. The predicted molar refractivity (Wildman–Crippen MR) is 57.2 cm³/mol. The second-order valence-corrected chi connectivity index (χ2v) is 4.51. The Morgan fingerprint density at radius 1 is 1.20 bits per heavy atom. The summed E-state index contributed by atoms with van der Waals surface area (Å²) in [6, 6.07) is 0. The fraction of sp³-hybridized carbons (Fsp3) is 0.909. The molecule has 4 heteroatoms. The van der Waals surface area contributed by atoms with Crippen molar-refractivity contribution in [2.24, 2.45) is 0 Å². The molecule has 86 valence electrons. The summed E-state index contributed by atoms with van der Waals surface area (Å²) >= 11 is 0. The van der Waals surface area contributed by atoms with E-state index in [1.54, 1.807) is 4.90 Å². The van der Waals surface area contributed by atoms with Gasteiger partial charge in [0.05, 0.1) is 0 Å². The van der Waals surface area contributed by atoms with Gasteiger partial charge in [0, 0.05) is 19.5 Å². The van der Waals surface area contributed by atoms with Crippen molar-refractivity contribution in [2.75, 3.05) is 26.2 Å². The van der Waals surface area contributed by atoms with E-state index in [2.05, 4.69) is 4.90 Å². The number of hydrogen-bond acceptors (Lipinski definition) is 3. The number of nitrogens with zero attached hydrogens (tertiary/aromatic N) is 2. The average Bonchev–Trinajstić information content (AvgIpc) is 2.70. The van der Waals surface area contributed by atoms with Crippen LogP contribution >= 0.6 is 0 Å². The third kappa shape index (κ3) is 2.69. The standard InChI is InChI=1S/C11H20N2O2/c14-10-4-3-5-11(15)13(10)9-8-12-6-1-2-7-12/h10,14H,1-9H2. The molecular formula is C11H20N2O2. The van der Waals surface area contributed by atoms with Crippen LogP contribution in [0.3, 0.4) is 0 Å². The van der Waals surface area contributed by atoms with E-state index >= 15 is 0 Å². The molecular weight excluding hydrogens is 192 g/mol. The molecule has 0 aromatic heterocycles. The molecule has 1 N–H and O–H groups in total. The summed E-state index contributed by atoms with van der Waals surface area (Å²) in [7, 11) is 0. The van der Waals surface area contributed by atoms with Gasteiger partial charge >= 0.3 is 0 Å². The third-order valence-electron chi connectivity index (χ3n) is 3.39. The van der Waals surface area contributed by atoms with Crippen molar-refractivity contribution in [1.29, 1.82) is 0 Å². The van der Waals surface area contributed by atoms with Gasteiger partial charge in [-0.25, -0.2) is 0 Å². The minimum absolute atomic E-state index is 0.118. The van der Waals surface area contributed by atoms with Crippen LogP contribution in [-0.4, -0.2) is 53.2 Å². The summed E-state index contributed by atoms with van der Waals surface area (Å²) in [6.45, 7) is 3.92. The lowest BCUT2D eigenvalue weighted by atomic mass is 10.1. The van der Waals surface area contributed by atoms with Crippen LogP contribution in [0.2, 0.25) is 0 Å². The van der Waals surface area contributed by atoms with E-state index in [1.165, 1.54) is 12.8 Å². The number of carbonyl (C=O) groups excluding carboxylic acids is 1. The Hall–Kier alpha value is -0.610. The van der Waals surface area contributed by atoms with Crippen LogP contribution in [-0.2, 0) is 4.79 Å². The van der Waals surface area contributed by atoms with E-state index in [1.807, 2.05) is 0 Å². The normalized spacial score (nSPS) is 28.7. The molecule has 2 fully saturated rings. The van der Waals surface area contributed by atoms with Crippen molar-refractivity contribution in [2.45, 2.75) is 38.3 Å². The molecule has 0 bridgehead atoms. The van der Waals surface area contributed by atoms with E-state index in [9.17, 15) is 9.90 Å². The van der Waals surface area contributed by atoms with Gasteiger partial charge in [0.2, 0.25) is 5.91 Å². The maximum absolute atomic E-state index is 11.6. The van der Waals surface area contributed by atoms with Crippen LogP contribution in [0.4, 0.5) is 0 Å². The third-order valence-corrected chi connectivity index (χ3v) is 3.39. The number of likely N-dealkylation sites (tertiary alicyclic amines) is 2. The van der Waals surface area contributed by atoms with Gasteiger partial charge in [-0.3, -0.25) is 4.79 Å². The molecule has 1 amide bonds. The van der Waals surface area contributed by atoms with Crippen LogP contribution in [0.5, 0.6) is 0 Å². The fourth-order valence-corrected chi connectivity index (χ4v) is 2.43. The number of piperidine rings is 1. The Labute approximate surface area is 90.9 Å². The minimum Gasteiger partial charge on any atom is -0.374 e. The van der Waals surface area contributed by atoms with Gasteiger partial charge in [0.15, 0.2) is 0 Å². The van der Waals surface area contributed by atoms with E-state index in [-0.39, 0.29) is 5.91 Å². The zero-order valence-electron chi connectivity index (χ0n) is 9.19. The zero-order chi connectivity index (χ0) is 10.7. The number of carbonyl (C=O) groups is 1. The van der Waals surface area contributed by atoms with Crippen molar-refractivity contribution >= 4 is 5.91 Å². The van der Waals surface area contributed by atoms with E-state index in [0.29, 0.717) is 13.0 Å². The zero-order valence-corrected chi connectivity index (χ0v) is 9.19. The summed E-state index contributed by atoms with van der Waals surface area (Å²) in [6.07, 6.45) is 4.20. The molecule has 0 radical (unpaired) electrons. The second-order valence-electron chi connectivity index (χ2n) is 4.51. The molecule has 2 rings (SSSR count). The smallest absolute Gasteiger partial charge is 0.224 e. The molecule has 0 saturated carbocycles. The molecule has 1 atom stereocenters. The number of aliphatic hydroxyl groups is 1. The lowest BCUT2D eigenvalue weighted by Gasteiger charge is -2.33. The van der Waals surface area contributed by atoms with E-state index in [4.69, 9.17) is 0 Å². The first-order valence-corrected chi connectivity index (χ1v) is 5.97. The van der Waals surface area contributed by atoms with Gasteiger partial charge < -0.3 is 14.9 Å². The van der Waals surface area contributed by atoms with Crippen molar-refractivity contribution < 1.29 is 9.90 Å². The predicted octanol–water partition coefficient (Wildman–Crippen LogP) is 0.413. The number of hydrogen-bond donors (Lipinski definition) is 1. The first-order valence-electron chi connectivity index (χ1n) is 5.97. The monoisotopic (exact) mass is 212 g/mol. The van der Waals surface area contributed by atoms with Crippen molar-refractivity contribution in [1.82, 2.24) is 9.80 Å². The maximum atomic E-state index is 11.6. The van der Waals surface area contributed by atoms with Crippen LogP contribution < -0.4 is 0 Å². The molecule has 0 aliphatic carbocycles. The highest BCUT2D eigenvalue weighted by molar-refractivity contribution is 5.77. The van der Waals surface area contributed by atoms with Crippen molar-refractivity contribution in [3.05, 3.63) is 0 Å². The minimum atomic E-state index is -0.533. The van der Waals surface area contributed by atoms with E-state index < -0.39 is 6.23 Å². The number of rotatable bonds is 3. The second kappa shape index (κ2) is 4.94. The SMILES string of the molecule is O=C1CCCC(O)N1CCN1CCCC1. The molecule has 2 saturated heterocycles. The summed E-state index contributed by atoms with van der Waals surface area (Å²) < 4.78 is 0. The molecule has 0 aromatic rings. The summed E-state index contributed by atoms with van der Waals surface area (Å²) in [4.78, 5) is 15.6. The molecule has 2 aliphatic heterocycles. The lowest BCUT2D eigenvalue weighted by Crippen LogP contribution is -2.46. The highest BCUT2D eigenvalue weighted by Gasteiger charge is 2.26. The maximum Gasteiger partial charge on any atom is 0.224 e. The molecule has 1 unspecified atom stereocenters. The Kier molecular flexibility index (Phi) is 3.59. The molecule has 0 aromatic carbocycles. The van der Waals surface area contributed by atoms with Gasteiger partial charge in [-0.2, -0.15) is 0 Å². The van der Waals surface area contributed by atoms with Crippen LogP contribution in [0.15, 0.2) is 0 Å². The first-order chi connectivity index (χ1) is 7.27. The molecule has 2 heterocycles. The molecule has 2 aliphatic rings. The van der Waals surface area contributed by atoms with Gasteiger partial charge in [-0.1, -0.05) is 0 Å². The van der Waals surface area contributed by atoms with E-state index in [0.717, 1.165) is 32.5 Å². The Morgan fingerprint density at radius 2 is 1.93 bits per heavy atom. The quantitative estimate of drug-likeness (QED) is 0.737. The Bertz CT molecular complexity index is 227. The summed E-state index contributed by atoms with van der Waals surface area (Å²) in [5.41, 5.74) is 0. The molecule has 15 heavy (non-hydrogen) atoms. The lowest BCUT2D eigenvalue weighted by molar-refractivity contribution is -0.146. The Balaban J connectivity index is 1.78. The topological polar surface area (TPSA) is 43.8 Å². The number of aliphatic hydroxyl groups excluding tert-OH is 1. The highest BCUT2D eigenvalue weighted by atomic mass is 16.3. The molecule has 0 spiro atoms. The summed E-state index contributed by atoms with van der Waals surface area (Å²) in [5, 5.41) is 9.70. The van der Waals surface area contributed by atoms with Crippen LogP contribution in [0, 0.1) is 0 Å². The fourth-order valence-electron chi connectivity index (χ4n) is 2.43. The van der Waals surface area contributed by atoms with Crippen molar-refractivity contribution in [3.8, 4) is 0 Å². The van der Waals surface area contributed by atoms with Crippen molar-refractivity contribution in [3.63, 3.8) is 0 Å². The Morgan fingerprint density at radius 3 is 2.60 bits per heavy atom. The van der Waals surface area contributed by atoms with Gasteiger partial charge in [-0.15, -0.1) is 0 Å². The largest absolute Gasteiger partial charge is 0.374 e. The van der Waals surface area contributed by atoms with Gasteiger partial charge in [0.25, 0.3) is 0 Å². The number of amides is 1.